The Morgan fingerprint density at radius 1 is 1.06 bits per heavy atom. The maximum atomic E-state index is 13.4. The summed E-state index contributed by atoms with van der Waals surface area (Å²) in [5.74, 6) is 1.83. The molecule has 2 atom stereocenters. The molecule has 48 heavy (non-hydrogen) atoms. The zero-order valence-corrected chi connectivity index (χ0v) is 28.1. The van der Waals surface area contributed by atoms with Crippen LogP contribution in [-0.2, 0) is 10.0 Å². The highest BCUT2D eigenvalue weighted by Gasteiger charge is 2.44. The lowest BCUT2D eigenvalue weighted by Crippen LogP contribution is -2.36. The van der Waals surface area contributed by atoms with Gasteiger partial charge in [0.1, 0.15) is 11.8 Å². The van der Waals surface area contributed by atoms with Gasteiger partial charge in [0.25, 0.3) is 10.0 Å². The third kappa shape index (κ3) is 5.56. The average molecular weight is 684 g/mol. The molecule has 1 saturated heterocycles. The lowest BCUT2D eigenvalue weighted by molar-refractivity contribution is 0.218. The van der Waals surface area contributed by atoms with Gasteiger partial charge in [-0.1, -0.05) is 18.2 Å². The first-order valence-electron chi connectivity index (χ1n) is 15.4. The van der Waals surface area contributed by atoms with Crippen molar-refractivity contribution in [2.75, 3.05) is 49.4 Å². The summed E-state index contributed by atoms with van der Waals surface area (Å²) < 4.78 is 37.7. The quantitative estimate of drug-likeness (QED) is 0.233. The second-order valence-corrected chi connectivity index (χ2v) is 14.6. The van der Waals surface area contributed by atoms with Crippen molar-refractivity contribution in [3.63, 3.8) is 0 Å². The fourth-order valence-corrected chi connectivity index (χ4v) is 8.75. The predicted octanol–water partition coefficient (Wildman–Crippen LogP) is 5.15. The molecule has 1 aliphatic heterocycles. The van der Waals surface area contributed by atoms with Gasteiger partial charge in [0.05, 0.1) is 23.3 Å². The van der Waals surface area contributed by atoms with E-state index in [1.807, 2.05) is 48.2 Å². The Labute approximate surface area is 282 Å². The molecule has 1 aliphatic carbocycles. The Morgan fingerprint density at radius 2 is 1.77 bits per heavy atom. The zero-order chi connectivity index (χ0) is 33.6. The number of carbonyl (C=O) groups excluding carboxylic acids is 1. The molecule has 2 unspecified atom stereocenters. The molecule has 1 N–H and O–H groups in total. The van der Waals surface area contributed by atoms with Crippen molar-refractivity contribution >= 4 is 61.1 Å². The molecule has 4 heterocycles. The number of benzene rings is 2. The molecule has 13 nitrogen and oxygen atoms in total. The summed E-state index contributed by atoms with van der Waals surface area (Å²) in [6.45, 7) is 1.22. The van der Waals surface area contributed by atoms with Gasteiger partial charge in [-0.2, -0.15) is 14.6 Å². The fourth-order valence-electron chi connectivity index (χ4n) is 6.84. The van der Waals surface area contributed by atoms with Gasteiger partial charge in [0, 0.05) is 68.2 Å². The number of urea groups is 1. The summed E-state index contributed by atoms with van der Waals surface area (Å²) in [4.78, 5) is 28.1. The van der Waals surface area contributed by atoms with Gasteiger partial charge in [0.15, 0.2) is 5.65 Å². The molecular formula is C33H33N9O4S2. The monoisotopic (exact) mass is 683 g/mol. The van der Waals surface area contributed by atoms with E-state index in [0.29, 0.717) is 52.6 Å². The van der Waals surface area contributed by atoms with Gasteiger partial charge in [-0.05, 0) is 67.1 Å². The smallest absolute Gasteiger partial charge is 0.323 e. The lowest BCUT2D eigenvalue weighted by Gasteiger charge is -2.29. The van der Waals surface area contributed by atoms with E-state index >= 15 is 0 Å². The van der Waals surface area contributed by atoms with Crippen LogP contribution in [0.3, 0.4) is 0 Å². The van der Waals surface area contributed by atoms with E-state index in [-0.39, 0.29) is 22.6 Å². The molecule has 2 fully saturated rings. The van der Waals surface area contributed by atoms with Crippen molar-refractivity contribution < 1.29 is 17.9 Å². The lowest BCUT2D eigenvalue weighted by atomic mass is 10.0. The number of nitrogens with one attached hydrogen (secondary N) is 1. The highest BCUT2D eigenvalue weighted by molar-refractivity contribution is 7.90. The predicted molar refractivity (Wildman–Crippen MR) is 183 cm³/mol. The number of likely N-dealkylation sites (tertiary alicyclic amines) is 1. The zero-order valence-electron chi connectivity index (χ0n) is 26.5. The molecule has 2 aliphatic rings. The molecule has 246 valence electrons. The summed E-state index contributed by atoms with van der Waals surface area (Å²) in [5.41, 5.74) is 2.21. The van der Waals surface area contributed by atoms with Crippen LogP contribution >= 0.6 is 11.5 Å². The summed E-state index contributed by atoms with van der Waals surface area (Å²) in [6.07, 6.45) is 4.60. The molecule has 2 aromatic carbocycles. The number of hydrogen-bond donors (Lipinski definition) is 1. The first kappa shape index (κ1) is 31.4. The first-order chi connectivity index (χ1) is 23.2. The van der Waals surface area contributed by atoms with Crippen LogP contribution < -0.4 is 19.9 Å². The van der Waals surface area contributed by atoms with E-state index in [9.17, 15) is 18.5 Å². The number of fused-ring (bicyclic) bond motifs is 2. The van der Waals surface area contributed by atoms with E-state index in [4.69, 9.17) is 4.74 Å². The number of carbonyl (C=O) groups is 1. The number of nitriles is 1. The molecule has 3 aromatic heterocycles. The van der Waals surface area contributed by atoms with Gasteiger partial charge in [-0.25, -0.2) is 22.2 Å². The fraction of sp³-hybridized carbons (Fsp3) is 0.303. The Hall–Kier alpha value is -5.20. The second kappa shape index (κ2) is 12.4. The molecule has 5 aromatic rings. The molecule has 2 amide bonds. The van der Waals surface area contributed by atoms with Crippen LogP contribution in [0.4, 0.5) is 27.2 Å². The summed E-state index contributed by atoms with van der Waals surface area (Å²) in [6, 6.07) is 19.6. The molecule has 0 radical (unpaired) electrons. The third-order valence-corrected chi connectivity index (χ3v) is 11.7. The minimum atomic E-state index is -3.88. The Kier molecular flexibility index (Phi) is 8.14. The van der Waals surface area contributed by atoms with Crippen LogP contribution in [0.25, 0.3) is 11.0 Å². The highest BCUT2D eigenvalue weighted by Crippen LogP contribution is 2.43. The molecule has 0 spiro atoms. The van der Waals surface area contributed by atoms with Crippen LogP contribution in [0.2, 0.25) is 0 Å². The Bertz CT molecular complexity index is 2110. The average Bonchev–Trinajstić information content (AvgIpc) is 3.91. The van der Waals surface area contributed by atoms with Gasteiger partial charge in [-0.15, -0.1) is 0 Å². The van der Waals surface area contributed by atoms with Gasteiger partial charge >= 0.3 is 6.03 Å². The van der Waals surface area contributed by atoms with Gasteiger partial charge in [-0.3, -0.25) is 5.32 Å². The molecule has 15 heteroatoms. The van der Waals surface area contributed by atoms with Crippen molar-refractivity contribution in [3.8, 4) is 11.8 Å². The minimum absolute atomic E-state index is 0.108. The van der Waals surface area contributed by atoms with Crippen molar-refractivity contribution in [1.82, 2.24) is 23.2 Å². The maximum Gasteiger partial charge on any atom is 0.323 e. The van der Waals surface area contributed by atoms with Crippen molar-refractivity contribution in [3.05, 3.63) is 78.6 Å². The van der Waals surface area contributed by atoms with E-state index in [0.717, 1.165) is 35.8 Å². The highest BCUT2D eigenvalue weighted by atomic mass is 32.2. The minimum Gasteiger partial charge on any atom is -0.497 e. The second-order valence-electron chi connectivity index (χ2n) is 12.0. The van der Waals surface area contributed by atoms with Crippen LogP contribution in [0.15, 0.2) is 78.0 Å². The van der Waals surface area contributed by atoms with Gasteiger partial charge < -0.3 is 19.4 Å². The van der Waals surface area contributed by atoms with Crippen molar-refractivity contribution in [2.45, 2.75) is 23.8 Å². The third-order valence-electron chi connectivity index (χ3n) is 9.38. The van der Waals surface area contributed by atoms with Crippen LogP contribution in [0.5, 0.6) is 5.75 Å². The van der Waals surface area contributed by atoms with E-state index in [1.165, 1.54) is 16.4 Å². The molecule has 1 saturated carbocycles. The summed E-state index contributed by atoms with van der Waals surface area (Å²) in [5, 5.41) is 13.9. The molecule has 7 rings (SSSR count). The van der Waals surface area contributed by atoms with E-state index in [1.54, 1.807) is 43.5 Å². The first-order valence-corrected chi connectivity index (χ1v) is 17.6. The summed E-state index contributed by atoms with van der Waals surface area (Å²) >= 11 is 1.13. The number of nitrogens with zero attached hydrogens (tertiary/aromatic N) is 8. The number of anilines is 4. The Morgan fingerprint density at radius 3 is 2.44 bits per heavy atom. The van der Waals surface area contributed by atoms with Crippen LogP contribution in [0.1, 0.15) is 18.4 Å². The SMILES string of the molecule is COc1ccc(N(C)c2nsc(NC(=O)N3CC4CC(N(C)c5c(C#N)cnc6c5ccn6S(=O)(=O)c5ccccc5)CC4C3)n2)cc1. The normalized spacial score (nSPS) is 18.8. The van der Waals surface area contributed by atoms with E-state index < -0.39 is 10.0 Å². The standard InChI is InChI=1S/C33H33N9O4S2/c1-39(29-23(17-34)18-35-30-28(29)13-14-42(30)48(44,45)27-7-5-4-6-8-27)25-15-21-19-41(20-22(21)16-25)33(43)37-32-36-31(38-47-32)40(2)24-9-11-26(46-3)12-10-24/h4-14,18,21-22,25H,15-16,19-20H2,1-3H3,(H,36,37,38,43). The number of methoxy groups -OCH3 is 1. The van der Waals surface area contributed by atoms with Crippen molar-refractivity contribution in [2.24, 2.45) is 11.8 Å². The van der Waals surface area contributed by atoms with Crippen molar-refractivity contribution in [1.29, 1.82) is 5.26 Å². The van der Waals surface area contributed by atoms with Crippen LogP contribution in [0, 0.1) is 23.2 Å². The molecular weight excluding hydrogens is 651 g/mol. The Balaban J connectivity index is 1.02. The summed E-state index contributed by atoms with van der Waals surface area (Å²) in [7, 11) is 1.56. The maximum absolute atomic E-state index is 13.4. The largest absolute Gasteiger partial charge is 0.497 e. The topological polar surface area (TPSA) is 150 Å². The number of amides is 2. The number of hydrogen-bond acceptors (Lipinski definition) is 11. The van der Waals surface area contributed by atoms with E-state index in [2.05, 4.69) is 30.6 Å². The van der Waals surface area contributed by atoms with Crippen LogP contribution in [-0.4, -0.2) is 78.0 Å². The number of aromatic nitrogens is 4. The number of rotatable bonds is 8. The van der Waals surface area contributed by atoms with Gasteiger partial charge in [0.2, 0.25) is 11.1 Å². The number of pyridine rings is 1. The number of ether oxygens (including phenoxy) is 1. The molecule has 0 bridgehead atoms.